The number of aryl methyl sites for hydroxylation is 1. The van der Waals surface area contributed by atoms with Gasteiger partial charge in [-0.2, -0.15) is 0 Å². The molecule has 0 atom stereocenters. The van der Waals surface area contributed by atoms with Gasteiger partial charge < -0.3 is 0 Å². The lowest BCUT2D eigenvalue weighted by Crippen LogP contribution is -2.35. The zero-order valence-electron chi connectivity index (χ0n) is 14.5. The van der Waals surface area contributed by atoms with E-state index in [0.29, 0.717) is 6.54 Å². The minimum atomic E-state index is 0.190. The molecule has 3 heterocycles. The Morgan fingerprint density at radius 1 is 1.24 bits per heavy atom. The number of rotatable bonds is 4. The molecular formula is C20H21N3OS. The third kappa shape index (κ3) is 3.05. The Labute approximate surface area is 151 Å². The molecule has 25 heavy (non-hydrogen) atoms. The van der Waals surface area contributed by atoms with Crippen molar-refractivity contribution in [2.75, 3.05) is 13.1 Å². The van der Waals surface area contributed by atoms with E-state index < -0.39 is 0 Å². The summed E-state index contributed by atoms with van der Waals surface area (Å²) >= 11 is 1.59. The van der Waals surface area contributed by atoms with E-state index in [9.17, 15) is 4.79 Å². The minimum Gasteiger partial charge on any atom is -0.294 e. The Kier molecular flexibility index (Phi) is 4.27. The lowest BCUT2D eigenvalue weighted by Gasteiger charge is -2.28. The highest BCUT2D eigenvalue weighted by molar-refractivity contribution is 7.12. The molecule has 3 aromatic rings. The molecule has 0 N–H and O–H groups in total. The van der Waals surface area contributed by atoms with Crippen molar-refractivity contribution < 1.29 is 4.79 Å². The second-order valence-corrected chi connectivity index (χ2v) is 7.46. The number of Topliss-reactive ketones (excluding diaryl/α,β-unsaturated/α-hetero) is 1. The van der Waals surface area contributed by atoms with E-state index in [0.717, 1.165) is 41.6 Å². The molecule has 1 aliphatic rings. The van der Waals surface area contributed by atoms with Crippen LogP contribution in [0.4, 0.5) is 0 Å². The normalized spacial score (nSPS) is 14.5. The Morgan fingerprint density at radius 3 is 2.80 bits per heavy atom. The van der Waals surface area contributed by atoms with E-state index in [-0.39, 0.29) is 5.78 Å². The lowest BCUT2D eigenvalue weighted by atomic mass is 9.99. The Balaban J connectivity index is 1.54. The van der Waals surface area contributed by atoms with Gasteiger partial charge in [0, 0.05) is 41.6 Å². The average molecular weight is 351 g/mol. The van der Waals surface area contributed by atoms with Gasteiger partial charge in [0.2, 0.25) is 0 Å². The van der Waals surface area contributed by atoms with E-state index in [1.54, 1.807) is 17.5 Å². The highest BCUT2D eigenvalue weighted by Crippen LogP contribution is 2.24. The lowest BCUT2D eigenvalue weighted by molar-refractivity contribution is 0.0921. The van der Waals surface area contributed by atoms with Crippen LogP contribution in [-0.2, 0) is 13.0 Å². The van der Waals surface area contributed by atoms with Gasteiger partial charge in [-0.05, 0) is 37.5 Å². The smallest absolute Gasteiger partial charge is 0.193 e. The number of thiazole rings is 1. The first-order chi connectivity index (χ1) is 12.1. The third-order valence-electron chi connectivity index (χ3n) is 4.92. The van der Waals surface area contributed by atoms with Gasteiger partial charge in [0.25, 0.3) is 0 Å². The molecule has 0 unspecified atom stereocenters. The largest absolute Gasteiger partial charge is 0.294 e. The molecule has 0 radical (unpaired) electrons. The van der Waals surface area contributed by atoms with Gasteiger partial charge in [0.15, 0.2) is 10.9 Å². The number of aromatic nitrogens is 2. The summed E-state index contributed by atoms with van der Waals surface area (Å²) in [6.45, 7) is 6.30. The van der Waals surface area contributed by atoms with Crippen LogP contribution in [0.15, 0.2) is 41.9 Å². The van der Waals surface area contributed by atoms with Crippen LogP contribution < -0.4 is 0 Å². The number of nitrogens with zero attached hydrogens (tertiary/aromatic N) is 3. The number of fused-ring (bicyclic) bond motifs is 1. The molecule has 0 saturated carbocycles. The molecule has 0 aliphatic carbocycles. The van der Waals surface area contributed by atoms with Crippen molar-refractivity contribution in [3.8, 4) is 5.13 Å². The van der Waals surface area contributed by atoms with Crippen LogP contribution in [0.5, 0.6) is 0 Å². The summed E-state index contributed by atoms with van der Waals surface area (Å²) in [5.74, 6) is 0.190. The van der Waals surface area contributed by atoms with Crippen molar-refractivity contribution in [2.45, 2.75) is 26.8 Å². The molecule has 0 spiro atoms. The maximum absolute atomic E-state index is 12.9. The highest BCUT2D eigenvalue weighted by atomic mass is 32.1. The third-order valence-corrected chi connectivity index (χ3v) is 5.68. The van der Waals surface area contributed by atoms with Crippen LogP contribution in [0.1, 0.15) is 32.9 Å². The van der Waals surface area contributed by atoms with Gasteiger partial charge in [0.1, 0.15) is 0 Å². The number of carbonyl (C=O) groups is 1. The molecule has 128 valence electrons. The van der Waals surface area contributed by atoms with Gasteiger partial charge in [0.05, 0.1) is 6.54 Å². The average Bonchev–Trinajstić information content (AvgIpc) is 3.22. The fourth-order valence-electron chi connectivity index (χ4n) is 3.64. The highest BCUT2D eigenvalue weighted by Gasteiger charge is 2.22. The molecule has 0 bridgehead atoms. The Hall–Kier alpha value is -2.24. The first-order valence-corrected chi connectivity index (χ1v) is 9.42. The standard InChI is InChI=1S/C20H21N3OS/c1-14-11-18(15(2)23(14)20-21-8-10-25-20)19(24)13-22-9-7-16-5-3-4-6-17(16)12-22/h3-6,8,10-11H,7,9,12-13H2,1-2H3. The summed E-state index contributed by atoms with van der Waals surface area (Å²) in [6.07, 6.45) is 2.81. The Bertz CT molecular complexity index is 911. The zero-order valence-corrected chi connectivity index (χ0v) is 15.3. The number of carbonyl (C=O) groups excluding carboxylic acids is 1. The fraction of sp³-hybridized carbons (Fsp3) is 0.300. The second kappa shape index (κ2) is 6.58. The molecule has 0 amide bonds. The van der Waals surface area contributed by atoms with Crippen LogP contribution in [0.3, 0.4) is 0 Å². The van der Waals surface area contributed by atoms with Crippen molar-refractivity contribution in [2.24, 2.45) is 0 Å². The van der Waals surface area contributed by atoms with Crippen LogP contribution in [-0.4, -0.2) is 33.3 Å². The summed E-state index contributed by atoms with van der Waals surface area (Å²) in [5, 5.41) is 2.88. The molecule has 1 aliphatic heterocycles. The molecule has 5 heteroatoms. The van der Waals surface area contributed by atoms with E-state index >= 15 is 0 Å². The summed E-state index contributed by atoms with van der Waals surface area (Å²) in [5.41, 5.74) is 5.60. The van der Waals surface area contributed by atoms with Crippen molar-refractivity contribution >= 4 is 17.1 Å². The van der Waals surface area contributed by atoms with Crippen molar-refractivity contribution in [3.05, 3.63) is 70.0 Å². The fourth-order valence-corrected chi connectivity index (χ4v) is 4.39. The second-order valence-electron chi connectivity index (χ2n) is 6.59. The molecule has 4 rings (SSSR count). The first-order valence-electron chi connectivity index (χ1n) is 8.54. The van der Waals surface area contributed by atoms with E-state index in [1.807, 2.05) is 25.3 Å². The van der Waals surface area contributed by atoms with Gasteiger partial charge in [-0.1, -0.05) is 24.3 Å². The van der Waals surface area contributed by atoms with Gasteiger partial charge in [-0.3, -0.25) is 14.3 Å². The quantitative estimate of drug-likeness (QED) is 0.671. The van der Waals surface area contributed by atoms with Crippen molar-refractivity contribution in [1.29, 1.82) is 0 Å². The molecule has 0 saturated heterocycles. The number of ketones is 1. The SMILES string of the molecule is Cc1cc(C(=O)CN2CCc3ccccc3C2)c(C)n1-c1nccs1. The minimum absolute atomic E-state index is 0.190. The van der Waals surface area contributed by atoms with E-state index in [1.165, 1.54) is 11.1 Å². The number of hydrogen-bond donors (Lipinski definition) is 0. The predicted octanol–water partition coefficient (Wildman–Crippen LogP) is 3.79. The maximum Gasteiger partial charge on any atom is 0.193 e. The van der Waals surface area contributed by atoms with Crippen molar-refractivity contribution in [3.63, 3.8) is 0 Å². The van der Waals surface area contributed by atoms with Crippen LogP contribution in [0.2, 0.25) is 0 Å². The van der Waals surface area contributed by atoms with Crippen LogP contribution >= 0.6 is 11.3 Å². The molecule has 2 aromatic heterocycles. The van der Waals surface area contributed by atoms with Crippen LogP contribution in [0, 0.1) is 13.8 Å². The topological polar surface area (TPSA) is 38.1 Å². The summed E-state index contributed by atoms with van der Waals surface area (Å²) in [4.78, 5) is 19.5. The Morgan fingerprint density at radius 2 is 2.04 bits per heavy atom. The van der Waals surface area contributed by atoms with E-state index in [4.69, 9.17) is 0 Å². The predicted molar refractivity (Wildman–Crippen MR) is 101 cm³/mol. The molecule has 4 nitrogen and oxygen atoms in total. The maximum atomic E-state index is 12.9. The summed E-state index contributed by atoms with van der Waals surface area (Å²) < 4.78 is 2.07. The summed E-state index contributed by atoms with van der Waals surface area (Å²) in [7, 11) is 0. The van der Waals surface area contributed by atoms with E-state index in [2.05, 4.69) is 38.7 Å². The molecule has 0 fully saturated rings. The number of hydrogen-bond acceptors (Lipinski definition) is 4. The van der Waals surface area contributed by atoms with Crippen LogP contribution in [0.25, 0.3) is 5.13 Å². The number of benzene rings is 1. The first kappa shape index (κ1) is 16.2. The van der Waals surface area contributed by atoms with Gasteiger partial charge in [-0.25, -0.2) is 4.98 Å². The van der Waals surface area contributed by atoms with Gasteiger partial charge >= 0.3 is 0 Å². The molecule has 1 aromatic carbocycles. The van der Waals surface area contributed by atoms with Gasteiger partial charge in [-0.15, -0.1) is 11.3 Å². The monoisotopic (exact) mass is 351 g/mol. The van der Waals surface area contributed by atoms with Crippen molar-refractivity contribution in [1.82, 2.24) is 14.5 Å². The summed E-state index contributed by atoms with van der Waals surface area (Å²) in [6, 6.07) is 10.5. The zero-order chi connectivity index (χ0) is 17.4. The molecular weight excluding hydrogens is 330 g/mol.